The molecule has 1 aliphatic rings. The monoisotopic (exact) mass is 359 g/mol. The second-order valence-electron chi connectivity index (χ2n) is 6.87. The van der Waals surface area contributed by atoms with Gasteiger partial charge in [-0.3, -0.25) is 4.90 Å². The van der Waals surface area contributed by atoms with E-state index >= 15 is 0 Å². The number of aliphatic hydroxyl groups excluding tert-OH is 1. The zero-order valence-corrected chi connectivity index (χ0v) is 15.7. The van der Waals surface area contributed by atoms with Gasteiger partial charge in [0, 0.05) is 18.7 Å². The van der Waals surface area contributed by atoms with Crippen molar-refractivity contribution in [1.29, 1.82) is 0 Å². The zero-order chi connectivity index (χ0) is 16.6. The highest BCUT2D eigenvalue weighted by Gasteiger charge is 2.29. The molecule has 1 saturated heterocycles. The molecule has 1 heterocycles. The third-order valence-electron chi connectivity index (χ3n) is 5.22. The van der Waals surface area contributed by atoms with Crippen LogP contribution < -0.4 is 0 Å². The summed E-state index contributed by atoms with van der Waals surface area (Å²) < 4.78 is 0. The molecular weight excluding hydrogens is 330 g/mol. The van der Waals surface area contributed by atoms with Crippen LogP contribution in [-0.2, 0) is 6.42 Å². The molecule has 1 fully saturated rings. The number of benzene rings is 2. The maximum absolute atomic E-state index is 9.26. The van der Waals surface area contributed by atoms with Gasteiger partial charge in [0.1, 0.15) is 0 Å². The lowest BCUT2D eigenvalue weighted by molar-refractivity contribution is 0.0825. The van der Waals surface area contributed by atoms with E-state index < -0.39 is 0 Å². The molecule has 3 rings (SSSR count). The first-order valence-electron chi connectivity index (χ1n) is 9.34. The first-order chi connectivity index (χ1) is 11.9. The highest BCUT2D eigenvalue weighted by atomic mass is 35.5. The molecule has 1 aliphatic heterocycles. The number of hydrogen-bond acceptors (Lipinski definition) is 2. The van der Waals surface area contributed by atoms with Crippen molar-refractivity contribution >= 4 is 12.4 Å². The predicted octanol–water partition coefficient (Wildman–Crippen LogP) is 5.02. The zero-order valence-electron chi connectivity index (χ0n) is 14.9. The Hall–Kier alpha value is -1.35. The quantitative estimate of drug-likeness (QED) is 0.750. The van der Waals surface area contributed by atoms with E-state index in [9.17, 15) is 5.11 Å². The van der Waals surface area contributed by atoms with Crippen molar-refractivity contribution in [2.24, 2.45) is 0 Å². The number of hydrogen-bond donors (Lipinski definition) is 1. The van der Waals surface area contributed by atoms with Gasteiger partial charge in [-0.15, -0.1) is 12.4 Å². The molecule has 0 radical (unpaired) electrons. The van der Waals surface area contributed by atoms with E-state index in [1.54, 1.807) is 0 Å². The van der Waals surface area contributed by atoms with E-state index in [0.29, 0.717) is 18.7 Å². The summed E-state index contributed by atoms with van der Waals surface area (Å²) in [5, 5.41) is 9.26. The molecule has 1 N–H and O–H groups in total. The van der Waals surface area contributed by atoms with Crippen LogP contribution in [0, 0.1) is 0 Å². The Balaban J connectivity index is 0.00000225. The van der Waals surface area contributed by atoms with Gasteiger partial charge in [-0.05, 0) is 49.8 Å². The standard InChI is InChI=1S/C22H29NO.ClH/c24-17-9-15-21-14-7-8-16-23(21)22(20-12-5-2-6-13-20)18-19-10-3-1-4-11-19;/h1-6,10-13,21-22,24H,7-9,14-18H2;1H. The van der Waals surface area contributed by atoms with Crippen LogP contribution in [0.5, 0.6) is 0 Å². The van der Waals surface area contributed by atoms with Gasteiger partial charge in [0.2, 0.25) is 0 Å². The molecule has 2 nitrogen and oxygen atoms in total. The number of piperidine rings is 1. The molecule has 25 heavy (non-hydrogen) atoms. The smallest absolute Gasteiger partial charge is 0.0431 e. The van der Waals surface area contributed by atoms with E-state index in [4.69, 9.17) is 0 Å². The van der Waals surface area contributed by atoms with Gasteiger partial charge >= 0.3 is 0 Å². The van der Waals surface area contributed by atoms with Crippen molar-refractivity contribution < 1.29 is 5.11 Å². The number of rotatable bonds is 7. The lowest BCUT2D eigenvalue weighted by atomic mass is 9.90. The van der Waals surface area contributed by atoms with Crippen LogP contribution in [-0.4, -0.2) is 29.2 Å². The largest absolute Gasteiger partial charge is 0.396 e. The van der Waals surface area contributed by atoms with Crippen LogP contribution in [0.25, 0.3) is 0 Å². The van der Waals surface area contributed by atoms with E-state index in [-0.39, 0.29) is 12.4 Å². The number of aliphatic hydroxyl groups is 1. The van der Waals surface area contributed by atoms with Crippen molar-refractivity contribution in [3.05, 3.63) is 71.8 Å². The summed E-state index contributed by atoms with van der Waals surface area (Å²) in [7, 11) is 0. The molecule has 0 aromatic heterocycles. The van der Waals surface area contributed by atoms with Crippen molar-refractivity contribution in [3.8, 4) is 0 Å². The highest BCUT2D eigenvalue weighted by Crippen LogP contribution is 2.33. The van der Waals surface area contributed by atoms with Gasteiger partial charge in [0.05, 0.1) is 0 Å². The van der Waals surface area contributed by atoms with Crippen LogP contribution in [0.2, 0.25) is 0 Å². The third-order valence-corrected chi connectivity index (χ3v) is 5.22. The number of halogens is 1. The molecule has 2 unspecified atom stereocenters. The Morgan fingerprint density at radius 2 is 1.64 bits per heavy atom. The van der Waals surface area contributed by atoms with Crippen molar-refractivity contribution in [2.75, 3.05) is 13.2 Å². The highest BCUT2D eigenvalue weighted by molar-refractivity contribution is 5.85. The average Bonchev–Trinajstić information content (AvgIpc) is 2.66. The lowest BCUT2D eigenvalue weighted by Crippen LogP contribution is -2.43. The van der Waals surface area contributed by atoms with Gasteiger partial charge in [0.25, 0.3) is 0 Å². The number of likely N-dealkylation sites (tertiary alicyclic amines) is 1. The minimum absolute atomic E-state index is 0. The molecular formula is C22H30ClNO. The normalized spacial score (nSPS) is 19.2. The Morgan fingerprint density at radius 3 is 2.32 bits per heavy atom. The van der Waals surface area contributed by atoms with Gasteiger partial charge in [-0.25, -0.2) is 0 Å². The Kier molecular flexibility index (Phi) is 8.47. The predicted molar refractivity (Wildman–Crippen MR) is 107 cm³/mol. The summed E-state index contributed by atoms with van der Waals surface area (Å²) in [6.45, 7) is 1.47. The molecule has 2 aromatic rings. The van der Waals surface area contributed by atoms with Crippen molar-refractivity contribution in [3.63, 3.8) is 0 Å². The van der Waals surface area contributed by atoms with E-state index in [1.807, 2.05) is 0 Å². The molecule has 2 atom stereocenters. The van der Waals surface area contributed by atoms with E-state index in [1.165, 1.54) is 36.9 Å². The van der Waals surface area contributed by atoms with Gasteiger partial charge < -0.3 is 5.11 Å². The third kappa shape index (κ3) is 5.57. The molecule has 0 amide bonds. The summed E-state index contributed by atoms with van der Waals surface area (Å²) in [5.74, 6) is 0. The second-order valence-corrected chi connectivity index (χ2v) is 6.87. The summed E-state index contributed by atoms with van der Waals surface area (Å²) in [6.07, 6.45) is 6.94. The molecule has 0 spiro atoms. The maximum atomic E-state index is 9.26. The first kappa shape index (κ1) is 20.0. The van der Waals surface area contributed by atoms with Gasteiger partial charge in [-0.2, -0.15) is 0 Å². The fraction of sp³-hybridized carbons (Fsp3) is 0.455. The van der Waals surface area contributed by atoms with Crippen LogP contribution in [0.1, 0.15) is 49.3 Å². The molecule has 136 valence electrons. The van der Waals surface area contributed by atoms with Crippen LogP contribution in [0.3, 0.4) is 0 Å². The Morgan fingerprint density at radius 1 is 0.960 bits per heavy atom. The molecule has 3 heteroatoms. The summed E-state index contributed by atoms with van der Waals surface area (Å²) in [5.41, 5.74) is 2.81. The van der Waals surface area contributed by atoms with Crippen LogP contribution >= 0.6 is 12.4 Å². The Labute approximate surface area is 158 Å². The fourth-order valence-electron chi connectivity index (χ4n) is 4.01. The summed E-state index contributed by atoms with van der Waals surface area (Å²) in [4.78, 5) is 2.71. The van der Waals surface area contributed by atoms with Crippen molar-refractivity contribution in [2.45, 2.75) is 50.6 Å². The van der Waals surface area contributed by atoms with Crippen molar-refractivity contribution in [1.82, 2.24) is 4.90 Å². The maximum Gasteiger partial charge on any atom is 0.0431 e. The lowest BCUT2D eigenvalue weighted by Gasteiger charge is -2.42. The average molecular weight is 360 g/mol. The Bertz CT molecular complexity index is 589. The number of nitrogens with zero attached hydrogens (tertiary/aromatic N) is 1. The molecule has 0 bridgehead atoms. The molecule has 2 aromatic carbocycles. The van der Waals surface area contributed by atoms with E-state index in [0.717, 1.165) is 19.3 Å². The van der Waals surface area contributed by atoms with Gasteiger partial charge in [-0.1, -0.05) is 67.1 Å². The molecule has 0 saturated carbocycles. The SMILES string of the molecule is Cl.OCCCC1CCCCN1C(Cc1ccccc1)c1ccccc1. The minimum atomic E-state index is 0. The first-order valence-corrected chi connectivity index (χ1v) is 9.34. The second kappa shape index (κ2) is 10.6. The van der Waals surface area contributed by atoms with Crippen LogP contribution in [0.15, 0.2) is 60.7 Å². The van der Waals surface area contributed by atoms with Gasteiger partial charge in [0.15, 0.2) is 0 Å². The minimum Gasteiger partial charge on any atom is -0.396 e. The van der Waals surface area contributed by atoms with E-state index in [2.05, 4.69) is 65.6 Å². The fourth-order valence-corrected chi connectivity index (χ4v) is 4.01. The summed E-state index contributed by atoms with van der Waals surface area (Å²) >= 11 is 0. The topological polar surface area (TPSA) is 23.5 Å². The van der Waals surface area contributed by atoms with Crippen LogP contribution in [0.4, 0.5) is 0 Å². The molecule has 0 aliphatic carbocycles. The summed E-state index contributed by atoms with van der Waals surface area (Å²) in [6, 6.07) is 22.8.